The number of halogens is 3. The molecule has 1 unspecified atom stereocenters. The van der Waals surface area contributed by atoms with E-state index in [9.17, 15) is 18.0 Å². The van der Waals surface area contributed by atoms with Gasteiger partial charge in [-0.2, -0.15) is 0 Å². The molecule has 0 fully saturated rings. The summed E-state index contributed by atoms with van der Waals surface area (Å²) in [4.78, 5) is 28.1. The Balaban J connectivity index is 2.05. The van der Waals surface area contributed by atoms with Crippen molar-refractivity contribution in [2.75, 3.05) is 10.8 Å². The molecule has 0 saturated heterocycles. The van der Waals surface area contributed by atoms with Crippen molar-refractivity contribution in [2.24, 2.45) is 0 Å². The fourth-order valence-corrected chi connectivity index (χ4v) is 5.77. The SMILES string of the molecule is CC(C)NC(=O)C(C)N(Cc1ccc(Cl)cc1)C(=O)CN(c1cc(Cl)cc(Cl)c1)S(=O)(=O)c1ccccc1. The van der Waals surface area contributed by atoms with Gasteiger partial charge >= 0.3 is 0 Å². The van der Waals surface area contributed by atoms with E-state index in [1.165, 1.54) is 35.2 Å². The quantitative estimate of drug-likeness (QED) is 0.321. The van der Waals surface area contributed by atoms with Gasteiger partial charge in [0.1, 0.15) is 12.6 Å². The smallest absolute Gasteiger partial charge is 0.264 e. The molecule has 0 spiro atoms. The fraction of sp³-hybridized carbons (Fsp3) is 0.259. The molecule has 202 valence electrons. The molecule has 0 aliphatic heterocycles. The molecule has 3 aromatic rings. The molecule has 0 heterocycles. The van der Waals surface area contributed by atoms with E-state index in [1.807, 2.05) is 13.8 Å². The first kappa shape index (κ1) is 29.8. The van der Waals surface area contributed by atoms with Crippen molar-refractivity contribution in [1.82, 2.24) is 10.2 Å². The van der Waals surface area contributed by atoms with Crippen LogP contribution in [0.1, 0.15) is 26.3 Å². The fourth-order valence-electron chi connectivity index (χ4n) is 3.71. The predicted octanol–water partition coefficient (Wildman–Crippen LogP) is 5.78. The number of nitrogens with zero attached hydrogens (tertiary/aromatic N) is 2. The van der Waals surface area contributed by atoms with Crippen LogP contribution in [-0.2, 0) is 26.2 Å². The molecule has 1 atom stereocenters. The molecule has 0 radical (unpaired) electrons. The monoisotopic (exact) mass is 595 g/mol. The second-order valence-electron chi connectivity index (χ2n) is 8.94. The summed E-state index contributed by atoms with van der Waals surface area (Å²) in [7, 11) is -4.21. The molecular formula is C27H28Cl3N3O4S. The summed E-state index contributed by atoms with van der Waals surface area (Å²) in [5.74, 6) is -0.965. The Kier molecular flexibility index (Phi) is 10.1. The summed E-state index contributed by atoms with van der Waals surface area (Å²) >= 11 is 18.4. The minimum atomic E-state index is -4.21. The molecule has 0 aromatic heterocycles. The molecule has 3 rings (SSSR count). The van der Waals surface area contributed by atoms with E-state index in [0.717, 1.165) is 9.87 Å². The van der Waals surface area contributed by atoms with Crippen molar-refractivity contribution in [3.8, 4) is 0 Å². The van der Waals surface area contributed by atoms with E-state index >= 15 is 0 Å². The van der Waals surface area contributed by atoms with E-state index < -0.39 is 28.5 Å². The van der Waals surface area contributed by atoms with Crippen LogP contribution >= 0.6 is 34.8 Å². The maximum absolute atomic E-state index is 13.8. The molecule has 38 heavy (non-hydrogen) atoms. The Morgan fingerprint density at radius 1 is 0.842 bits per heavy atom. The summed E-state index contributed by atoms with van der Waals surface area (Å²) < 4.78 is 28.4. The number of carbonyl (C=O) groups excluding carboxylic acids is 2. The van der Waals surface area contributed by atoms with Gasteiger partial charge in [-0.05, 0) is 68.8 Å². The standard InChI is InChI=1S/C27H28Cl3N3O4S/c1-18(2)31-27(35)19(3)32(16-20-9-11-21(28)12-10-20)26(34)17-33(24-14-22(29)13-23(30)15-24)38(36,37)25-7-5-4-6-8-25/h4-15,18-19H,16-17H2,1-3H3,(H,31,35). The third kappa shape index (κ3) is 7.63. The van der Waals surface area contributed by atoms with Crippen molar-refractivity contribution in [3.05, 3.63) is 93.4 Å². The molecular weight excluding hydrogens is 569 g/mol. The number of benzene rings is 3. The minimum absolute atomic E-state index is 0.0150. The van der Waals surface area contributed by atoms with Gasteiger partial charge in [0, 0.05) is 27.7 Å². The number of carbonyl (C=O) groups is 2. The number of sulfonamides is 1. The van der Waals surface area contributed by atoms with Gasteiger partial charge in [0.2, 0.25) is 11.8 Å². The second kappa shape index (κ2) is 12.8. The summed E-state index contributed by atoms with van der Waals surface area (Å²) in [6.07, 6.45) is 0. The molecule has 3 aromatic carbocycles. The van der Waals surface area contributed by atoms with Crippen LogP contribution < -0.4 is 9.62 Å². The van der Waals surface area contributed by atoms with Gasteiger partial charge in [-0.1, -0.05) is 65.1 Å². The molecule has 0 aliphatic rings. The lowest BCUT2D eigenvalue weighted by Crippen LogP contribution is -2.52. The van der Waals surface area contributed by atoms with Crippen LogP contribution in [0.5, 0.6) is 0 Å². The van der Waals surface area contributed by atoms with Crippen LogP contribution in [0, 0.1) is 0 Å². The van der Waals surface area contributed by atoms with Crippen LogP contribution in [0.25, 0.3) is 0 Å². The van der Waals surface area contributed by atoms with Crippen LogP contribution in [0.15, 0.2) is 77.7 Å². The van der Waals surface area contributed by atoms with Gasteiger partial charge in [-0.25, -0.2) is 8.42 Å². The average molecular weight is 597 g/mol. The van der Waals surface area contributed by atoms with Crippen molar-refractivity contribution in [3.63, 3.8) is 0 Å². The van der Waals surface area contributed by atoms with Gasteiger partial charge in [0.25, 0.3) is 10.0 Å². The Morgan fingerprint density at radius 3 is 1.97 bits per heavy atom. The third-order valence-electron chi connectivity index (χ3n) is 5.61. The molecule has 2 amide bonds. The molecule has 1 N–H and O–H groups in total. The number of rotatable bonds is 10. The third-order valence-corrected chi connectivity index (χ3v) is 8.09. The summed E-state index contributed by atoms with van der Waals surface area (Å²) in [6.45, 7) is 4.68. The Bertz CT molecular complexity index is 1360. The highest BCUT2D eigenvalue weighted by atomic mass is 35.5. The van der Waals surface area contributed by atoms with Crippen molar-refractivity contribution in [2.45, 2.75) is 44.3 Å². The first-order valence-corrected chi connectivity index (χ1v) is 14.3. The maximum Gasteiger partial charge on any atom is 0.264 e. The number of anilines is 1. The number of nitrogens with one attached hydrogen (secondary N) is 1. The highest BCUT2D eigenvalue weighted by Crippen LogP contribution is 2.30. The molecule has 7 nitrogen and oxygen atoms in total. The number of hydrogen-bond acceptors (Lipinski definition) is 4. The first-order valence-electron chi connectivity index (χ1n) is 11.8. The van der Waals surface area contributed by atoms with Gasteiger partial charge < -0.3 is 10.2 Å². The van der Waals surface area contributed by atoms with Crippen molar-refractivity contribution < 1.29 is 18.0 Å². The van der Waals surface area contributed by atoms with Crippen molar-refractivity contribution >= 4 is 62.3 Å². The van der Waals surface area contributed by atoms with E-state index in [4.69, 9.17) is 34.8 Å². The molecule has 0 aliphatic carbocycles. The Hall–Kier alpha value is -2.78. The summed E-state index contributed by atoms with van der Waals surface area (Å²) in [6, 6.07) is 17.8. The Morgan fingerprint density at radius 2 is 1.42 bits per heavy atom. The van der Waals surface area contributed by atoms with Crippen LogP contribution in [0.4, 0.5) is 5.69 Å². The largest absolute Gasteiger partial charge is 0.352 e. The van der Waals surface area contributed by atoms with E-state index in [1.54, 1.807) is 49.4 Å². The highest BCUT2D eigenvalue weighted by molar-refractivity contribution is 7.92. The van der Waals surface area contributed by atoms with Crippen LogP contribution in [0.2, 0.25) is 15.1 Å². The van der Waals surface area contributed by atoms with E-state index in [0.29, 0.717) is 5.02 Å². The van der Waals surface area contributed by atoms with Gasteiger partial charge in [0.15, 0.2) is 0 Å². The lowest BCUT2D eigenvalue weighted by Gasteiger charge is -2.32. The van der Waals surface area contributed by atoms with Gasteiger partial charge in [-0.15, -0.1) is 0 Å². The minimum Gasteiger partial charge on any atom is -0.352 e. The van der Waals surface area contributed by atoms with Crippen molar-refractivity contribution in [1.29, 1.82) is 0 Å². The highest BCUT2D eigenvalue weighted by Gasteiger charge is 2.33. The lowest BCUT2D eigenvalue weighted by atomic mass is 10.1. The lowest BCUT2D eigenvalue weighted by molar-refractivity contribution is -0.139. The zero-order chi connectivity index (χ0) is 28.0. The zero-order valence-electron chi connectivity index (χ0n) is 21.1. The van der Waals surface area contributed by atoms with E-state index in [-0.39, 0.29) is 39.1 Å². The van der Waals surface area contributed by atoms with E-state index in [2.05, 4.69) is 5.32 Å². The molecule has 11 heteroatoms. The molecule has 0 saturated carbocycles. The van der Waals surface area contributed by atoms with Crippen LogP contribution in [0.3, 0.4) is 0 Å². The van der Waals surface area contributed by atoms with Gasteiger partial charge in [0.05, 0.1) is 10.6 Å². The zero-order valence-corrected chi connectivity index (χ0v) is 24.2. The molecule has 0 bridgehead atoms. The maximum atomic E-state index is 13.8. The first-order chi connectivity index (χ1) is 17.9. The predicted molar refractivity (Wildman–Crippen MR) is 152 cm³/mol. The second-order valence-corrected chi connectivity index (χ2v) is 12.1. The summed E-state index contributed by atoms with van der Waals surface area (Å²) in [5.41, 5.74) is 0.834. The number of hydrogen-bond donors (Lipinski definition) is 1. The summed E-state index contributed by atoms with van der Waals surface area (Å²) in [5, 5.41) is 3.74. The topological polar surface area (TPSA) is 86.8 Å². The Labute approximate surface area is 238 Å². The average Bonchev–Trinajstić information content (AvgIpc) is 2.85. The van der Waals surface area contributed by atoms with Gasteiger partial charge in [-0.3, -0.25) is 13.9 Å². The normalized spacial score (nSPS) is 12.2. The van der Waals surface area contributed by atoms with Crippen LogP contribution in [-0.4, -0.2) is 43.8 Å². The number of amides is 2.